The lowest BCUT2D eigenvalue weighted by atomic mass is 9.97. The predicted octanol–water partition coefficient (Wildman–Crippen LogP) is 4.76. The van der Waals surface area contributed by atoms with E-state index in [0.717, 1.165) is 31.9 Å². The van der Waals surface area contributed by atoms with Crippen LogP contribution in [0, 0.1) is 5.41 Å². The Hall–Kier alpha value is -0.930. The SMILES string of the molecule is C=CC(CC)N(Cc1ccc(OC)cc1)P1OCC(C)(C)CO1. The maximum atomic E-state index is 6.05. The third kappa shape index (κ3) is 5.02. The van der Waals surface area contributed by atoms with E-state index in [4.69, 9.17) is 13.8 Å². The molecule has 0 aromatic heterocycles. The van der Waals surface area contributed by atoms with Crippen LogP contribution in [0.1, 0.15) is 32.8 Å². The second kappa shape index (κ2) is 8.25. The number of ether oxygens (including phenoxy) is 1. The lowest BCUT2D eigenvalue weighted by Crippen LogP contribution is -2.36. The Morgan fingerprint density at radius 3 is 2.39 bits per heavy atom. The summed E-state index contributed by atoms with van der Waals surface area (Å²) in [6.45, 7) is 12.7. The van der Waals surface area contributed by atoms with Crippen LogP contribution in [0.4, 0.5) is 0 Å². The van der Waals surface area contributed by atoms with E-state index in [2.05, 4.69) is 44.2 Å². The number of hydrogen-bond donors (Lipinski definition) is 0. The smallest absolute Gasteiger partial charge is 0.259 e. The van der Waals surface area contributed by atoms with E-state index in [-0.39, 0.29) is 11.5 Å². The monoisotopic (exact) mass is 337 g/mol. The van der Waals surface area contributed by atoms with Crippen molar-refractivity contribution in [1.29, 1.82) is 0 Å². The highest BCUT2D eigenvalue weighted by Gasteiger charge is 2.35. The molecule has 0 amide bonds. The van der Waals surface area contributed by atoms with E-state index in [1.165, 1.54) is 5.56 Å². The van der Waals surface area contributed by atoms with Gasteiger partial charge in [0.1, 0.15) is 5.75 Å². The minimum atomic E-state index is -1.05. The van der Waals surface area contributed by atoms with E-state index in [1.54, 1.807) is 7.11 Å². The zero-order valence-corrected chi connectivity index (χ0v) is 15.5. The van der Waals surface area contributed by atoms with Gasteiger partial charge in [0.05, 0.1) is 20.3 Å². The highest BCUT2D eigenvalue weighted by molar-refractivity contribution is 7.44. The molecular formula is C18H28NO3P. The van der Waals surface area contributed by atoms with E-state index in [1.807, 2.05) is 18.2 Å². The zero-order valence-electron chi connectivity index (χ0n) is 14.6. The summed E-state index contributed by atoms with van der Waals surface area (Å²) in [5, 5.41) is 0. The molecule has 1 saturated heterocycles. The molecule has 1 aliphatic heterocycles. The summed E-state index contributed by atoms with van der Waals surface area (Å²) < 4.78 is 19.6. The molecule has 1 aromatic rings. The van der Waals surface area contributed by atoms with Gasteiger partial charge in [-0.15, -0.1) is 6.58 Å². The molecule has 0 spiro atoms. The van der Waals surface area contributed by atoms with Crippen molar-refractivity contribution in [2.75, 3.05) is 20.3 Å². The van der Waals surface area contributed by atoms with Crippen LogP contribution < -0.4 is 4.74 Å². The molecule has 1 unspecified atom stereocenters. The maximum Gasteiger partial charge on any atom is 0.259 e. The molecule has 1 fully saturated rings. The number of methoxy groups -OCH3 is 1. The number of rotatable bonds is 7. The molecule has 0 bridgehead atoms. The summed E-state index contributed by atoms with van der Waals surface area (Å²) in [6.07, 6.45) is 2.97. The lowest BCUT2D eigenvalue weighted by molar-refractivity contribution is 0.0407. The van der Waals surface area contributed by atoms with Crippen molar-refractivity contribution in [3.8, 4) is 5.75 Å². The standard InChI is InChI=1S/C18H28NO3P/c1-6-16(7-2)19(23-21-13-18(3,4)14-22-23)12-15-8-10-17(20-5)11-9-15/h6,8-11,16H,1,7,12-14H2,2-5H3. The van der Waals surface area contributed by atoms with Crippen LogP contribution in [0.3, 0.4) is 0 Å². The first-order valence-electron chi connectivity index (χ1n) is 8.07. The fraction of sp³-hybridized carbons (Fsp3) is 0.556. The molecule has 1 aliphatic rings. The van der Waals surface area contributed by atoms with Gasteiger partial charge in [-0.1, -0.05) is 39.0 Å². The van der Waals surface area contributed by atoms with Gasteiger partial charge in [-0.3, -0.25) is 0 Å². The highest BCUT2D eigenvalue weighted by atomic mass is 31.2. The third-order valence-electron chi connectivity index (χ3n) is 3.92. The number of benzene rings is 1. The Morgan fingerprint density at radius 1 is 1.30 bits per heavy atom. The predicted molar refractivity (Wildman–Crippen MR) is 95.4 cm³/mol. The Labute approximate surface area is 141 Å². The molecule has 1 heterocycles. The molecule has 0 aliphatic carbocycles. The van der Waals surface area contributed by atoms with Gasteiger partial charge in [0.25, 0.3) is 8.53 Å². The van der Waals surface area contributed by atoms with E-state index in [9.17, 15) is 0 Å². The van der Waals surface area contributed by atoms with Gasteiger partial charge < -0.3 is 13.8 Å². The van der Waals surface area contributed by atoms with Crippen molar-refractivity contribution in [3.05, 3.63) is 42.5 Å². The summed E-state index contributed by atoms with van der Waals surface area (Å²) in [4.78, 5) is 0. The van der Waals surface area contributed by atoms with Gasteiger partial charge in [-0.05, 0) is 24.1 Å². The van der Waals surface area contributed by atoms with Crippen molar-refractivity contribution in [3.63, 3.8) is 0 Å². The molecule has 0 N–H and O–H groups in total. The van der Waals surface area contributed by atoms with Gasteiger partial charge in [0.2, 0.25) is 0 Å². The zero-order chi connectivity index (χ0) is 16.9. The molecule has 1 atom stereocenters. The molecular weight excluding hydrogens is 309 g/mol. The molecule has 2 rings (SSSR count). The first-order chi connectivity index (χ1) is 11.0. The summed E-state index contributed by atoms with van der Waals surface area (Å²) in [5.74, 6) is 0.869. The lowest BCUT2D eigenvalue weighted by Gasteiger charge is -2.40. The molecule has 0 saturated carbocycles. The minimum Gasteiger partial charge on any atom is -0.497 e. The fourth-order valence-electron chi connectivity index (χ4n) is 2.40. The van der Waals surface area contributed by atoms with Crippen molar-refractivity contribution in [2.45, 2.75) is 39.8 Å². The van der Waals surface area contributed by atoms with Gasteiger partial charge in [0, 0.05) is 18.0 Å². The van der Waals surface area contributed by atoms with Crippen molar-refractivity contribution < 1.29 is 13.8 Å². The van der Waals surface area contributed by atoms with Gasteiger partial charge >= 0.3 is 0 Å². The fourth-order valence-corrected chi connectivity index (χ4v) is 4.47. The molecule has 0 radical (unpaired) electrons. The molecule has 128 valence electrons. The van der Waals surface area contributed by atoms with Gasteiger partial charge in [-0.25, -0.2) is 4.67 Å². The molecule has 23 heavy (non-hydrogen) atoms. The van der Waals surface area contributed by atoms with Crippen LogP contribution in [0.5, 0.6) is 5.75 Å². The Balaban J connectivity index is 2.12. The van der Waals surface area contributed by atoms with Gasteiger partial charge in [0.15, 0.2) is 0 Å². The van der Waals surface area contributed by atoms with Crippen LogP contribution in [0.2, 0.25) is 0 Å². The van der Waals surface area contributed by atoms with Crippen LogP contribution in [-0.2, 0) is 15.6 Å². The number of hydrogen-bond acceptors (Lipinski definition) is 4. The number of nitrogens with zero attached hydrogens (tertiary/aromatic N) is 1. The Kier molecular flexibility index (Phi) is 6.60. The average Bonchev–Trinajstić information content (AvgIpc) is 2.56. The maximum absolute atomic E-state index is 6.05. The topological polar surface area (TPSA) is 30.9 Å². The minimum absolute atomic E-state index is 0.0838. The van der Waals surface area contributed by atoms with Crippen LogP contribution in [0.15, 0.2) is 36.9 Å². The first kappa shape index (κ1) is 18.4. The highest BCUT2D eigenvalue weighted by Crippen LogP contribution is 2.51. The van der Waals surface area contributed by atoms with E-state index < -0.39 is 8.53 Å². The third-order valence-corrected chi connectivity index (χ3v) is 5.48. The molecule has 1 aromatic carbocycles. The summed E-state index contributed by atoms with van der Waals surface area (Å²) in [6, 6.07) is 8.39. The van der Waals surface area contributed by atoms with Crippen molar-refractivity contribution >= 4 is 8.53 Å². The quantitative estimate of drug-likeness (QED) is 0.530. The van der Waals surface area contributed by atoms with Crippen LogP contribution in [-0.4, -0.2) is 31.0 Å². The van der Waals surface area contributed by atoms with Gasteiger partial charge in [-0.2, -0.15) is 0 Å². The first-order valence-corrected chi connectivity index (χ1v) is 9.20. The summed E-state index contributed by atoms with van der Waals surface area (Å²) >= 11 is 0. The Morgan fingerprint density at radius 2 is 1.91 bits per heavy atom. The molecule has 4 nitrogen and oxygen atoms in total. The normalized spacial score (nSPS) is 19.5. The second-order valence-electron chi connectivity index (χ2n) is 6.61. The summed E-state index contributed by atoms with van der Waals surface area (Å²) in [7, 11) is 0.633. The van der Waals surface area contributed by atoms with E-state index >= 15 is 0 Å². The largest absolute Gasteiger partial charge is 0.497 e. The second-order valence-corrected chi connectivity index (χ2v) is 8.11. The van der Waals surface area contributed by atoms with Crippen molar-refractivity contribution in [2.24, 2.45) is 5.41 Å². The summed E-state index contributed by atoms with van der Waals surface area (Å²) in [5.41, 5.74) is 1.30. The molecule has 5 heteroatoms. The average molecular weight is 337 g/mol. The van der Waals surface area contributed by atoms with Crippen molar-refractivity contribution in [1.82, 2.24) is 4.67 Å². The Bertz CT molecular complexity index is 493. The van der Waals surface area contributed by atoms with E-state index in [0.29, 0.717) is 0 Å². The van der Waals surface area contributed by atoms with Crippen LogP contribution in [0.25, 0.3) is 0 Å². The van der Waals surface area contributed by atoms with Crippen LogP contribution >= 0.6 is 8.53 Å².